The van der Waals surface area contributed by atoms with Crippen LogP contribution in [0, 0.1) is 0 Å². The summed E-state index contributed by atoms with van der Waals surface area (Å²) < 4.78 is 6.46. The van der Waals surface area contributed by atoms with Crippen molar-refractivity contribution in [2.24, 2.45) is 0 Å². The Hall–Kier alpha value is -0.190. The van der Waals surface area contributed by atoms with Crippen molar-refractivity contribution < 1.29 is 4.74 Å². The van der Waals surface area contributed by atoms with E-state index < -0.39 is 0 Å². The van der Waals surface area contributed by atoms with E-state index in [9.17, 15) is 0 Å². The Kier molecular flexibility index (Phi) is 6.38. The highest BCUT2D eigenvalue weighted by atomic mass is 79.9. The molecule has 0 unspecified atom stereocenters. The predicted molar refractivity (Wildman–Crippen MR) is 81.8 cm³/mol. The number of ether oxygens (including phenoxy) is 1. The zero-order chi connectivity index (χ0) is 12.8. The fourth-order valence-electron chi connectivity index (χ4n) is 1.48. The second-order valence-electron chi connectivity index (χ2n) is 3.35. The van der Waals surface area contributed by atoms with Crippen LogP contribution in [0.25, 0.3) is 0 Å². The molecule has 1 aromatic carbocycles. The van der Waals surface area contributed by atoms with Gasteiger partial charge >= 0.3 is 0 Å². The molecule has 0 aliphatic rings. The van der Waals surface area contributed by atoms with Crippen LogP contribution in [0.1, 0.15) is 12.5 Å². The minimum absolute atomic E-state index is 0.490. The average Bonchev–Trinajstić information content (AvgIpc) is 2.27. The highest BCUT2D eigenvalue weighted by Gasteiger charge is 2.07. The molecule has 0 fully saturated rings. The maximum Gasteiger partial charge on any atom is 0.121 e. The SMILES string of the molecule is CCc1cc(OCC=C(Br)Br)cc(Cl)c1NC. The van der Waals surface area contributed by atoms with Crippen molar-refractivity contribution in [3.05, 3.63) is 32.2 Å². The molecule has 1 aromatic rings. The second-order valence-corrected chi connectivity index (χ2v) is 6.53. The van der Waals surface area contributed by atoms with E-state index in [0.717, 1.165) is 26.8 Å². The van der Waals surface area contributed by atoms with Gasteiger partial charge in [0.1, 0.15) is 12.4 Å². The first kappa shape index (κ1) is 14.9. The van der Waals surface area contributed by atoms with E-state index in [-0.39, 0.29) is 0 Å². The number of benzene rings is 1. The van der Waals surface area contributed by atoms with Gasteiger partial charge in [0, 0.05) is 13.1 Å². The third-order valence-corrected chi connectivity index (χ3v) is 3.21. The fraction of sp³-hybridized carbons (Fsp3) is 0.333. The lowest BCUT2D eigenvalue weighted by atomic mass is 10.1. The van der Waals surface area contributed by atoms with Crippen molar-refractivity contribution in [2.75, 3.05) is 19.0 Å². The molecule has 17 heavy (non-hydrogen) atoms. The number of hydrogen-bond donors (Lipinski definition) is 1. The van der Waals surface area contributed by atoms with Crippen molar-refractivity contribution in [1.29, 1.82) is 0 Å². The molecule has 0 bridgehead atoms. The van der Waals surface area contributed by atoms with Crippen LogP contribution in [-0.2, 0) is 6.42 Å². The average molecular weight is 384 g/mol. The first-order valence-electron chi connectivity index (χ1n) is 5.22. The minimum atomic E-state index is 0.490. The van der Waals surface area contributed by atoms with Gasteiger partial charge in [-0.05, 0) is 56.0 Å². The van der Waals surface area contributed by atoms with Crippen LogP contribution in [-0.4, -0.2) is 13.7 Å². The Bertz CT molecular complexity index is 417. The normalized spacial score (nSPS) is 9.94. The van der Waals surface area contributed by atoms with Gasteiger partial charge in [-0.15, -0.1) is 0 Å². The summed E-state index contributed by atoms with van der Waals surface area (Å²) in [4.78, 5) is 0. The molecule has 1 N–H and O–H groups in total. The number of anilines is 1. The van der Waals surface area contributed by atoms with Gasteiger partial charge in [-0.1, -0.05) is 18.5 Å². The first-order valence-corrected chi connectivity index (χ1v) is 7.19. The van der Waals surface area contributed by atoms with E-state index in [0.29, 0.717) is 11.6 Å². The number of halogens is 3. The van der Waals surface area contributed by atoms with Crippen LogP contribution in [0.3, 0.4) is 0 Å². The number of aryl methyl sites for hydroxylation is 1. The minimum Gasteiger partial charge on any atom is -0.489 e. The Morgan fingerprint density at radius 3 is 2.71 bits per heavy atom. The van der Waals surface area contributed by atoms with E-state index in [2.05, 4.69) is 44.1 Å². The van der Waals surface area contributed by atoms with Crippen molar-refractivity contribution >= 4 is 49.1 Å². The number of rotatable bonds is 5. The summed E-state index contributed by atoms with van der Waals surface area (Å²) in [6.07, 6.45) is 2.79. The molecular weight excluding hydrogens is 369 g/mol. The largest absolute Gasteiger partial charge is 0.489 e. The zero-order valence-electron chi connectivity index (χ0n) is 9.69. The van der Waals surface area contributed by atoms with Crippen LogP contribution >= 0.6 is 43.5 Å². The van der Waals surface area contributed by atoms with Gasteiger partial charge in [-0.25, -0.2) is 0 Å². The van der Waals surface area contributed by atoms with E-state index in [1.165, 1.54) is 0 Å². The van der Waals surface area contributed by atoms with Crippen LogP contribution in [0.15, 0.2) is 21.6 Å². The summed E-state index contributed by atoms with van der Waals surface area (Å²) in [7, 11) is 1.87. The lowest BCUT2D eigenvalue weighted by Gasteiger charge is -2.12. The second kappa shape index (κ2) is 7.29. The van der Waals surface area contributed by atoms with Crippen LogP contribution in [0.5, 0.6) is 5.75 Å². The zero-order valence-corrected chi connectivity index (χ0v) is 13.6. The maximum absolute atomic E-state index is 6.18. The highest BCUT2D eigenvalue weighted by Crippen LogP contribution is 2.31. The van der Waals surface area contributed by atoms with Crippen molar-refractivity contribution in [3.8, 4) is 5.75 Å². The molecule has 0 saturated heterocycles. The molecule has 0 spiro atoms. The first-order chi connectivity index (χ1) is 8.08. The standard InChI is InChI=1S/C12H14Br2ClNO/c1-3-8-6-9(17-5-4-11(13)14)7-10(15)12(8)16-2/h4,6-7,16H,3,5H2,1-2H3. The molecule has 5 heteroatoms. The Morgan fingerprint density at radius 2 is 2.18 bits per heavy atom. The van der Waals surface area contributed by atoms with Gasteiger partial charge in [-0.2, -0.15) is 0 Å². The molecular formula is C12H14Br2ClNO. The summed E-state index contributed by atoms with van der Waals surface area (Å²) in [6, 6.07) is 3.83. The fourth-order valence-corrected chi connectivity index (χ4v) is 2.07. The quantitative estimate of drug-likeness (QED) is 0.776. The monoisotopic (exact) mass is 381 g/mol. The molecule has 0 radical (unpaired) electrons. The molecule has 0 aliphatic heterocycles. The predicted octanol–water partition coefficient (Wildman–Crippen LogP) is 4.95. The molecule has 0 saturated carbocycles. The Morgan fingerprint density at radius 1 is 1.47 bits per heavy atom. The van der Waals surface area contributed by atoms with Gasteiger partial charge in [0.05, 0.1) is 14.1 Å². The molecule has 0 aromatic heterocycles. The summed E-state index contributed by atoms with van der Waals surface area (Å²) in [5.74, 6) is 0.781. The van der Waals surface area contributed by atoms with E-state index in [4.69, 9.17) is 16.3 Å². The molecule has 94 valence electrons. The van der Waals surface area contributed by atoms with Crippen molar-refractivity contribution in [1.82, 2.24) is 0 Å². The van der Waals surface area contributed by atoms with Gasteiger partial charge < -0.3 is 10.1 Å². The van der Waals surface area contributed by atoms with Crippen LogP contribution in [0.4, 0.5) is 5.69 Å². The smallest absolute Gasteiger partial charge is 0.121 e. The van der Waals surface area contributed by atoms with Gasteiger partial charge in [0.25, 0.3) is 0 Å². The summed E-state index contributed by atoms with van der Waals surface area (Å²) in [6.45, 7) is 2.58. The molecule has 2 nitrogen and oxygen atoms in total. The molecule has 0 atom stereocenters. The van der Waals surface area contributed by atoms with Crippen LogP contribution in [0.2, 0.25) is 5.02 Å². The lowest BCUT2D eigenvalue weighted by Crippen LogP contribution is -1.99. The number of hydrogen-bond acceptors (Lipinski definition) is 2. The van der Waals surface area contributed by atoms with E-state index in [1.54, 1.807) is 0 Å². The molecule has 0 heterocycles. The Labute approximate surface area is 124 Å². The summed E-state index contributed by atoms with van der Waals surface area (Å²) >= 11 is 12.7. The van der Waals surface area contributed by atoms with Crippen molar-refractivity contribution in [3.63, 3.8) is 0 Å². The topological polar surface area (TPSA) is 21.3 Å². The maximum atomic E-state index is 6.18. The molecule has 1 rings (SSSR count). The third-order valence-electron chi connectivity index (χ3n) is 2.26. The molecule has 0 amide bonds. The molecule has 0 aliphatic carbocycles. The van der Waals surface area contributed by atoms with E-state index in [1.807, 2.05) is 25.3 Å². The third kappa shape index (κ3) is 4.53. The summed E-state index contributed by atoms with van der Waals surface area (Å²) in [5.41, 5.74) is 2.12. The van der Waals surface area contributed by atoms with Gasteiger partial charge in [0.15, 0.2) is 0 Å². The van der Waals surface area contributed by atoms with Gasteiger partial charge in [-0.3, -0.25) is 0 Å². The lowest BCUT2D eigenvalue weighted by molar-refractivity contribution is 0.363. The van der Waals surface area contributed by atoms with E-state index >= 15 is 0 Å². The van der Waals surface area contributed by atoms with Crippen LogP contribution < -0.4 is 10.1 Å². The highest BCUT2D eigenvalue weighted by molar-refractivity contribution is 9.28. The number of nitrogens with one attached hydrogen (secondary N) is 1. The van der Waals surface area contributed by atoms with Gasteiger partial charge in [0.2, 0.25) is 0 Å². The van der Waals surface area contributed by atoms with Crippen molar-refractivity contribution in [2.45, 2.75) is 13.3 Å². The summed E-state index contributed by atoms with van der Waals surface area (Å²) in [5, 5.41) is 3.79. The Balaban J connectivity index is 2.88.